The van der Waals surface area contributed by atoms with E-state index in [2.05, 4.69) is 15.3 Å². The number of fused-ring (bicyclic) bond motifs is 1. The van der Waals surface area contributed by atoms with Crippen molar-refractivity contribution in [2.45, 2.75) is 33.0 Å². The minimum absolute atomic E-state index is 0.156. The zero-order valence-corrected chi connectivity index (χ0v) is 18.1. The first kappa shape index (κ1) is 21.4. The van der Waals surface area contributed by atoms with E-state index in [1.54, 1.807) is 29.3 Å². The van der Waals surface area contributed by atoms with Crippen LogP contribution < -0.4 is 10.1 Å². The number of halogens is 1. The lowest BCUT2D eigenvalue weighted by molar-refractivity contribution is 0.0711. The molecule has 3 heterocycles. The van der Waals surface area contributed by atoms with Crippen LogP contribution in [0.2, 0.25) is 0 Å². The van der Waals surface area contributed by atoms with E-state index in [0.717, 1.165) is 11.1 Å². The molecule has 1 unspecified atom stereocenters. The van der Waals surface area contributed by atoms with Crippen LogP contribution in [-0.4, -0.2) is 33.7 Å². The molecule has 1 aliphatic rings. The number of ether oxygens (including phenoxy) is 1. The number of hydrogen-bond acceptors (Lipinski definition) is 5. The Morgan fingerprint density at radius 2 is 2.00 bits per heavy atom. The van der Waals surface area contributed by atoms with Gasteiger partial charge in [-0.3, -0.25) is 19.6 Å². The summed E-state index contributed by atoms with van der Waals surface area (Å²) in [6.45, 7) is 4.39. The van der Waals surface area contributed by atoms with Crippen molar-refractivity contribution in [3.8, 4) is 5.75 Å². The van der Waals surface area contributed by atoms with E-state index < -0.39 is 0 Å². The van der Waals surface area contributed by atoms with E-state index in [1.165, 1.54) is 25.4 Å². The third kappa shape index (κ3) is 4.03. The van der Waals surface area contributed by atoms with Crippen molar-refractivity contribution in [2.24, 2.45) is 0 Å². The van der Waals surface area contributed by atoms with E-state index in [9.17, 15) is 14.0 Å². The Bertz CT molecular complexity index is 1180. The molecule has 0 radical (unpaired) electrons. The highest BCUT2D eigenvalue weighted by atomic mass is 19.1. The Morgan fingerprint density at radius 1 is 1.25 bits per heavy atom. The van der Waals surface area contributed by atoms with E-state index in [1.807, 2.05) is 19.9 Å². The third-order valence-electron chi connectivity index (χ3n) is 5.60. The Morgan fingerprint density at radius 3 is 2.69 bits per heavy atom. The Hall–Kier alpha value is -3.81. The second-order valence-electron chi connectivity index (χ2n) is 7.66. The van der Waals surface area contributed by atoms with Crippen LogP contribution >= 0.6 is 0 Å². The molecule has 3 aromatic rings. The molecule has 0 aliphatic carbocycles. The average molecular weight is 434 g/mol. The van der Waals surface area contributed by atoms with Gasteiger partial charge in [-0.05, 0) is 49.2 Å². The summed E-state index contributed by atoms with van der Waals surface area (Å²) in [4.78, 5) is 35.5. The fraction of sp³-hybridized carbons (Fsp3) is 0.250. The number of carbonyl (C=O) groups is 2. The van der Waals surface area contributed by atoms with Crippen molar-refractivity contribution in [1.29, 1.82) is 0 Å². The molecule has 4 rings (SSSR count). The number of aryl methyl sites for hydroxylation is 1. The number of nitrogens with zero attached hydrogens (tertiary/aromatic N) is 3. The fourth-order valence-electron chi connectivity index (χ4n) is 3.72. The third-order valence-corrected chi connectivity index (χ3v) is 5.60. The zero-order valence-electron chi connectivity index (χ0n) is 18.1. The summed E-state index contributed by atoms with van der Waals surface area (Å²) in [5.74, 6) is -0.147. The van der Waals surface area contributed by atoms with Gasteiger partial charge < -0.3 is 15.0 Å². The lowest BCUT2D eigenvalue weighted by atomic mass is 10.1. The lowest BCUT2D eigenvalue weighted by Gasteiger charge is -2.24. The van der Waals surface area contributed by atoms with E-state index >= 15 is 0 Å². The maximum Gasteiger partial charge on any atom is 0.269 e. The summed E-state index contributed by atoms with van der Waals surface area (Å²) in [7, 11) is 1.53. The van der Waals surface area contributed by atoms with Crippen molar-refractivity contribution in [3.05, 3.63) is 88.3 Å². The maximum absolute atomic E-state index is 13.1. The molecular formula is C24H23FN4O3. The van der Waals surface area contributed by atoms with Gasteiger partial charge in [0.05, 0.1) is 17.9 Å². The molecule has 2 aromatic heterocycles. The van der Waals surface area contributed by atoms with Crippen molar-refractivity contribution in [2.75, 3.05) is 7.05 Å². The van der Waals surface area contributed by atoms with Crippen LogP contribution in [-0.2, 0) is 13.2 Å². The summed E-state index contributed by atoms with van der Waals surface area (Å²) >= 11 is 0. The monoisotopic (exact) mass is 434 g/mol. The van der Waals surface area contributed by atoms with Crippen LogP contribution in [0, 0.1) is 12.7 Å². The van der Waals surface area contributed by atoms with Gasteiger partial charge >= 0.3 is 0 Å². The number of amides is 2. The number of carbonyl (C=O) groups excluding carboxylic acids is 2. The van der Waals surface area contributed by atoms with Crippen molar-refractivity contribution in [1.82, 2.24) is 20.2 Å². The highest BCUT2D eigenvalue weighted by Gasteiger charge is 2.35. The SMILES string of the molecule is CNC(=O)c1nccc2c1CN(C(C)c1cc(C)c(OCc3ccc(F)cc3)cn1)C2=O. The highest BCUT2D eigenvalue weighted by Crippen LogP contribution is 2.33. The smallest absolute Gasteiger partial charge is 0.269 e. The largest absolute Gasteiger partial charge is 0.487 e. The molecule has 0 saturated carbocycles. The maximum atomic E-state index is 13.1. The molecule has 8 heteroatoms. The first-order valence-corrected chi connectivity index (χ1v) is 10.2. The fourth-order valence-corrected chi connectivity index (χ4v) is 3.72. The molecule has 1 aromatic carbocycles. The molecule has 1 N–H and O–H groups in total. The summed E-state index contributed by atoms with van der Waals surface area (Å²) in [5, 5.41) is 2.57. The first-order valence-electron chi connectivity index (χ1n) is 10.2. The zero-order chi connectivity index (χ0) is 22.8. The van der Waals surface area contributed by atoms with Gasteiger partial charge in [-0.2, -0.15) is 0 Å². The average Bonchev–Trinajstić information content (AvgIpc) is 3.15. The number of aromatic nitrogens is 2. The van der Waals surface area contributed by atoms with Crippen molar-refractivity contribution < 1.29 is 18.7 Å². The molecule has 0 spiro atoms. The van der Waals surface area contributed by atoms with Crippen molar-refractivity contribution in [3.63, 3.8) is 0 Å². The number of rotatable bonds is 6. The molecule has 0 saturated heterocycles. The van der Waals surface area contributed by atoms with E-state index in [-0.39, 0.29) is 35.9 Å². The molecule has 1 aliphatic heterocycles. The van der Waals surface area contributed by atoms with Gasteiger partial charge in [-0.15, -0.1) is 0 Å². The topological polar surface area (TPSA) is 84.4 Å². The van der Waals surface area contributed by atoms with Gasteiger partial charge in [0.25, 0.3) is 11.8 Å². The van der Waals surface area contributed by atoms with E-state index in [4.69, 9.17) is 4.74 Å². The van der Waals surface area contributed by atoms with Gasteiger partial charge in [-0.1, -0.05) is 12.1 Å². The molecular weight excluding hydrogens is 411 g/mol. The van der Waals surface area contributed by atoms with Gasteiger partial charge in [0.1, 0.15) is 23.9 Å². The molecule has 1 atom stereocenters. The van der Waals surface area contributed by atoms with Gasteiger partial charge in [0, 0.05) is 30.9 Å². The minimum Gasteiger partial charge on any atom is -0.487 e. The molecule has 7 nitrogen and oxygen atoms in total. The van der Waals surface area contributed by atoms with Crippen LogP contribution in [0.15, 0.2) is 48.8 Å². The van der Waals surface area contributed by atoms with Crippen LogP contribution in [0.5, 0.6) is 5.75 Å². The molecule has 0 bridgehead atoms. The van der Waals surface area contributed by atoms with Crippen LogP contribution in [0.25, 0.3) is 0 Å². The Labute approximate surface area is 185 Å². The Kier molecular flexibility index (Phi) is 5.85. The van der Waals surface area contributed by atoms with Crippen LogP contribution in [0.4, 0.5) is 4.39 Å². The van der Waals surface area contributed by atoms with E-state index in [0.29, 0.717) is 29.2 Å². The van der Waals surface area contributed by atoms with Crippen LogP contribution in [0.1, 0.15) is 56.2 Å². The number of hydrogen-bond donors (Lipinski definition) is 1. The molecule has 164 valence electrons. The predicted octanol–water partition coefficient (Wildman–Crippen LogP) is 3.58. The van der Waals surface area contributed by atoms with Gasteiger partial charge in [0.2, 0.25) is 0 Å². The van der Waals surface area contributed by atoms with Crippen LogP contribution in [0.3, 0.4) is 0 Å². The van der Waals surface area contributed by atoms with Crippen molar-refractivity contribution >= 4 is 11.8 Å². The highest BCUT2D eigenvalue weighted by molar-refractivity contribution is 6.03. The quantitative estimate of drug-likeness (QED) is 0.641. The summed E-state index contributed by atoms with van der Waals surface area (Å²) in [6.07, 6.45) is 3.11. The second kappa shape index (κ2) is 8.74. The van der Waals surface area contributed by atoms with Gasteiger partial charge in [-0.25, -0.2) is 4.39 Å². The molecule has 0 fully saturated rings. The Balaban J connectivity index is 1.50. The summed E-state index contributed by atoms with van der Waals surface area (Å²) in [5.41, 5.74) is 3.82. The minimum atomic E-state index is -0.319. The lowest BCUT2D eigenvalue weighted by Crippen LogP contribution is -2.28. The number of nitrogens with one attached hydrogen (secondary N) is 1. The summed E-state index contributed by atoms with van der Waals surface area (Å²) in [6, 6.07) is 9.36. The predicted molar refractivity (Wildman–Crippen MR) is 116 cm³/mol. The second-order valence-corrected chi connectivity index (χ2v) is 7.66. The summed E-state index contributed by atoms with van der Waals surface area (Å²) < 4.78 is 18.9. The first-order chi connectivity index (χ1) is 15.4. The standard InChI is InChI=1S/C24H23FN4O3/c1-14-10-20(28-11-21(14)32-13-16-4-6-17(25)7-5-16)15(2)29-12-19-18(24(29)31)8-9-27-22(19)23(30)26-3/h4-11,15H,12-13H2,1-3H3,(H,26,30). The van der Waals surface area contributed by atoms with Gasteiger partial charge in [0.15, 0.2) is 0 Å². The molecule has 2 amide bonds. The number of benzene rings is 1. The molecule has 32 heavy (non-hydrogen) atoms. The normalized spacial score (nSPS) is 13.6. The number of pyridine rings is 2.